The summed E-state index contributed by atoms with van der Waals surface area (Å²) in [5, 5.41) is 9.98. The molecule has 90 valence electrons. The summed E-state index contributed by atoms with van der Waals surface area (Å²) in [4.78, 5) is 2.88. The van der Waals surface area contributed by atoms with Crippen molar-refractivity contribution < 1.29 is 4.42 Å². The van der Waals surface area contributed by atoms with Gasteiger partial charge in [0.1, 0.15) is 4.32 Å². The lowest BCUT2D eigenvalue weighted by molar-refractivity contribution is 0.530. The number of thioether (sulfide) groups is 1. The van der Waals surface area contributed by atoms with Gasteiger partial charge in [0.25, 0.3) is 5.89 Å². The van der Waals surface area contributed by atoms with Crippen LogP contribution in [0.3, 0.4) is 0 Å². The summed E-state index contributed by atoms with van der Waals surface area (Å²) >= 11 is 8.26. The molecule has 0 amide bonds. The van der Waals surface area contributed by atoms with E-state index in [1.165, 1.54) is 11.8 Å². The molecule has 0 bridgehead atoms. The molecule has 17 heavy (non-hydrogen) atoms. The van der Waals surface area contributed by atoms with Crippen LogP contribution in [0.4, 0.5) is 0 Å². The Morgan fingerprint density at radius 3 is 3.00 bits per heavy atom. The van der Waals surface area contributed by atoms with E-state index in [0.29, 0.717) is 17.5 Å². The standard InChI is InChI=1S/C10H11N3OS3/c1-13(2)10(15)17-6-8-11-12-9(14-8)7-4-3-5-16-7/h3-5H,6H2,1-2H3. The van der Waals surface area contributed by atoms with Crippen LogP contribution in [0.1, 0.15) is 5.89 Å². The van der Waals surface area contributed by atoms with Gasteiger partial charge >= 0.3 is 0 Å². The minimum absolute atomic E-state index is 0.575. The van der Waals surface area contributed by atoms with Gasteiger partial charge in [-0.2, -0.15) is 0 Å². The molecule has 7 heteroatoms. The number of hydrogen-bond acceptors (Lipinski definition) is 6. The molecule has 0 spiro atoms. The van der Waals surface area contributed by atoms with Gasteiger partial charge in [-0.05, 0) is 11.4 Å². The van der Waals surface area contributed by atoms with Crippen molar-refractivity contribution in [1.82, 2.24) is 15.1 Å². The smallest absolute Gasteiger partial charge is 0.257 e. The second-order valence-electron chi connectivity index (χ2n) is 3.43. The zero-order valence-corrected chi connectivity index (χ0v) is 11.9. The number of thiophene rings is 1. The van der Waals surface area contributed by atoms with Crippen LogP contribution in [0.2, 0.25) is 0 Å². The van der Waals surface area contributed by atoms with Crippen molar-refractivity contribution in [3.05, 3.63) is 23.4 Å². The monoisotopic (exact) mass is 285 g/mol. The maximum Gasteiger partial charge on any atom is 0.257 e. The average molecular weight is 285 g/mol. The maximum absolute atomic E-state index is 5.55. The van der Waals surface area contributed by atoms with E-state index in [1.54, 1.807) is 11.3 Å². The van der Waals surface area contributed by atoms with Crippen molar-refractivity contribution >= 4 is 39.6 Å². The van der Waals surface area contributed by atoms with Gasteiger partial charge in [0.15, 0.2) is 0 Å². The number of hydrogen-bond donors (Lipinski definition) is 0. The quantitative estimate of drug-likeness (QED) is 0.808. The Morgan fingerprint density at radius 1 is 1.53 bits per heavy atom. The van der Waals surface area contributed by atoms with E-state index in [2.05, 4.69) is 10.2 Å². The predicted molar refractivity (Wildman–Crippen MR) is 75.2 cm³/mol. The van der Waals surface area contributed by atoms with Crippen molar-refractivity contribution in [2.75, 3.05) is 14.1 Å². The third kappa shape index (κ3) is 3.27. The summed E-state index contributed by atoms with van der Waals surface area (Å²) in [6, 6.07) is 3.92. The molecule has 0 unspecified atom stereocenters. The fourth-order valence-electron chi connectivity index (χ4n) is 1.06. The van der Waals surface area contributed by atoms with E-state index < -0.39 is 0 Å². The summed E-state index contributed by atoms with van der Waals surface area (Å²) in [6.07, 6.45) is 0. The Morgan fingerprint density at radius 2 is 2.35 bits per heavy atom. The highest BCUT2D eigenvalue weighted by atomic mass is 32.2. The first-order valence-electron chi connectivity index (χ1n) is 4.87. The van der Waals surface area contributed by atoms with Gasteiger partial charge in [0.05, 0.1) is 10.6 Å². The molecular formula is C10H11N3OS3. The van der Waals surface area contributed by atoms with E-state index in [-0.39, 0.29) is 0 Å². The predicted octanol–water partition coefficient (Wildman–Crippen LogP) is 2.88. The summed E-state index contributed by atoms with van der Waals surface area (Å²) in [5.41, 5.74) is 0. The lowest BCUT2D eigenvalue weighted by Crippen LogP contribution is -2.16. The molecule has 0 atom stereocenters. The second-order valence-corrected chi connectivity index (χ2v) is 5.98. The molecule has 0 saturated carbocycles. The number of aromatic nitrogens is 2. The van der Waals surface area contributed by atoms with Crippen LogP contribution >= 0.6 is 35.3 Å². The third-order valence-corrected chi connectivity index (χ3v) is 4.46. The average Bonchev–Trinajstić information content (AvgIpc) is 2.95. The van der Waals surface area contributed by atoms with Crippen molar-refractivity contribution in [1.29, 1.82) is 0 Å². The zero-order valence-electron chi connectivity index (χ0n) is 9.41. The molecule has 0 aliphatic carbocycles. The second kappa shape index (κ2) is 5.61. The van der Waals surface area contributed by atoms with Gasteiger partial charge in [-0.1, -0.05) is 30.0 Å². The Balaban J connectivity index is 1.97. The number of thiocarbonyl (C=S) groups is 1. The number of rotatable bonds is 3. The summed E-state index contributed by atoms with van der Waals surface area (Å²) in [6.45, 7) is 0. The van der Waals surface area contributed by atoms with Crippen LogP contribution in [-0.4, -0.2) is 33.5 Å². The molecular weight excluding hydrogens is 274 g/mol. The molecule has 2 heterocycles. The van der Waals surface area contributed by atoms with Crippen molar-refractivity contribution in [2.45, 2.75) is 5.75 Å². The Labute approximate surface area is 113 Å². The van der Waals surface area contributed by atoms with Crippen LogP contribution in [0.15, 0.2) is 21.9 Å². The van der Waals surface area contributed by atoms with E-state index in [4.69, 9.17) is 16.6 Å². The summed E-state index contributed by atoms with van der Waals surface area (Å²) in [7, 11) is 3.83. The minimum atomic E-state index is 0.575. The first-order valence-corrected chi connectivity index (χ1v) is 7.14. The minimum Gasteiger partial charge on any atom is -0.419 e. The molecule has 0 aromatic carbocycles. The van der Waals surface area contributed by atoms with E-state index in [1.807, 2.05) is 36.5 Å². The van der Waals surface area contributed by atoms with E-state index in [0.717, 1.165) is 9.20 Å². The van der Waals surface area contributed by atoms with Gasteiger partial charge < -0.3 is 9.32 Å². The van der Waals surface area contributed by atoms with Crippen LogP contribution in [0.25, 0.3) is 10.8 Å². The highest BCUT2D eigenvalue weighted by Crippen LogP contribution is 2.24. The molecule has 2 rings (SSSR count). The van der Waals surface area contributed by atoms with Crippen molar-refractivity contribution in [3.63, 3.8) is 0 Å². The molecule has 0 saturated heterocycles. The molecule has 2 aromatic rings. The van der Waals surface area contributed by atoms with Gasteiger partial charge in [-0.25, -0.2) is 0 Å². The zero-order chi connectivity index (χ0) is 12.3. The van der Waals surface area contributed by atoms with E-state index >= 15 is 0 Å². The molecule has 2 aromatic heterocycles. The molecule has 0 aliphatic rings. The summed E-state index contributed by atoms with van der Waals surface area (Å²) < 4.78 is 6.35. The fourth-order valence-corrected chi connectivity index (χ4v) is 2.51. The normalized spacial score (nSPS) is 10.5. The molecule has 4 nitrogen and oxygen atoms in total. The van der Waals surface area contributed by atoms with Crippen LogP contribution in [0, 0.1) is 0 Å². The van der Waals surface area contributed by atoms with Crippen LogP contribution in [-0.2, 0) is 5.75 Å². The Bertz CT molecular complexity index is 493. The van der Waals surface area contributed by atoms with Gasteiger partial charge in [0.2, 0.25) is 5.89 Å². The van der Waals surface area contributed by atoms with E-state index in [9.17, 15) is 0 Å². The highest BCUT2D eigenvalue weighted by Gasteiger charge is 2.10. The van der Waals surface area contributed by atoms with Gasteiger partial charge in [-0.15, -0.1) is 21.5 Å². The fraction of sp³-hybridized carbons (Fsp3) is 0.300. The largest absolute Gasteiger partial charge is 0.419 e. The Kier molecular flexibility index (Phi) is 4.14. The SMILES string of the molecule is CN(C)C(=S)SCc1nnc(-c2cccs2)o1. The molecule has 0 N–H and O–H groups in total. The van der Waals surface area contributed by atoms with Crippen molar-refractivity contribution in [3.8, 4) is 10.8 Å². The third-order valence-electron chi connectivity index (χ3n) is 1.88. The summed E-state index contributed by atoms with van der Waals surface area (Å²) in [5.74, 6) is 1.78. The lowest BCUT2D eigenvalue weighted by Gasteiger charge is -2.10. The molecule has 0 aliphatic heterocycles. The topological polar surface area (TPSA) is 42.2 Å². The van der Waals surface area contributed by atoms with Crippen molar-refractivity contribution in [2.24, 2.45) is 0 Å². The van der Waals surface area contributed by atoms with Crippen LogP contribution in [0.5, 0.6) is 0 Å². The maximum atomic E-state index is 5.55. The first-order chi connectivity index (χ1) is 8.16. The lowest BCUT2D eigenvalue weighted by atomic mass is 10.5. The van der Waals surface area contributed by atoms with Gasteiger partial charge in [-0.3, -0.25) is 0 Å². The molecule has 0 radical (unpaired) electrons. The molecule has 0 fully saturated rings. The first kappa shape index (κ1) is 12.5. The number of nitrogens with zero attached hydrogens (tertiary/aromatic N) is 3. The van der Waals surface area contributed by atoms with Crippen LogP contribution < -0.4 is 0 Å². The highest BCUT2D eigenvalue weighted by molar-refractivity contribution is 8.22. The van der Waals surface area contributed by atoms with Gasteiger partial charge in [0, 0.05) is 14.1 Å². The Hall–Kier alpha value is -0.920.